The quantitative estimate of drug-likeness (QED) is 0.751. The van der Waals surface area contributed by atoms with Crippen molar-refractivity contribution in [2.24, 2.45) is 11.7 Å². The van der Waals surface area contributed by atoms with Crippen molar-refractivity contribution in [1.29, 1.82) is 0 Å². The summed E-state index contributed by atoms with van der Waals surface area (Å²) < 4.78 is 41.9. The lowest BCUT2D eigenvalue weighted by atomic mass is 10.0. The molecule has 0 amide bonds. The first kappa shape index (κ1) is 13.9. The van der Waals surface area contributed by atoms with Crippen LogP contribution in [0.15, 0.2) is 0 Å². The van der Waals surface area contributed by atoms with Gasteiger partial charge in [0.2, 0.25) is 0 Å². The van der Waals surface area contributed by atoms with Crippen molar-refractivity contribution in [3.05, 3.63) is 0 Å². The highest BCUT2D eigenvalue weighted by Crippen LogP contribution is 2.27. The molecule has 0 saturated carbocycles. The van der Waals surface area contributed by atoms with Gasteiger partial charge in [0.25, 0.3) is 0 Å². The molecule has 2 N–H and O–H groups in total. The van der Waals surface area contributed by atoms with E-state index in [-0.39, 0.29) is 6.61 Å². The summed E-state index contributed by atoms with van der Waals surface area (Å²) in [5.74, 6) is -1.51. The molecular weight excluding hydrogens is 211 g/mol. The second-order valence-corrected chi connectivity index (χ2v) is 8.93. The summed E-state index contributed by atoms with van der Waals surface area (Å²) in [4.78, 5) is 0. The maximum Gasteiger partial charge on any atom is 0.393 e. The fourth-order valence-corrected chi connectivity index (χ4v) is 1.43. The topological polar surface area (TPSA) is 35.2 Å². The minimum absolute atomic E-state index is 0.0175. The molecule has 0 radical (unpaired) electrons. The molecule has 0 rings (SSSR count). The van der Waals surface area contributed by atoms with Crippen molar-refractivity contribution in [3.63, 3.8) is 0 Å². The number of hydrogen-bond acceptors (Lipinski definition) is 2. The summed E-state index contributed by atoms with van der Waals surface area (Å²) in [7, 11) is -1.77. The van der Waals surface area contributed by atoms with Gasteiger partial charge in [-0.3, -0.25) is 0 Å². The Kier molecular flexibility index (Phi) is 4.61. The molecule has 0 aliphatic carbocycles. The third kappa shape index (κ3) is 5.61. The lowest BCUT2D eigenvalue weighted by molar-refractivity contribution is -0.176. The molecule has 86 valence electrons. The highest BCUT2D eigenvalue weighted by atomic mass is 28.4. The van der Waals surface area contributed by atoms with Crippen molar-refractivity contribution in [2.45, 2.75) is 38.8 Å². The van der Waals surface area contributed by atoms with Crippen molar-refractivity contribution < 1.29 is 17.6 Å². The lowest BCUT2D eigenvalue weighted by Gasteiger charge is -2.26. The maximum atomic E-state index is 12.2. The molecule has 14 heavy (non-hydrogen) atoms. The van der Waals surface area contributed by atoms with Gasteiger partial charge in [-0.25, -0.2) is 0 Å². The Hall–Kier alpha value is -0.0731. The summed E-state index contributed by atoms with van der Waals surface area (Å²) >= 11 is 0. The molecule has 0 aromatic rings. The molecule has 2 atom stereocenters. The van der Waals surface area contributed by atoms with Crippen LogP contribution in [0.25, 0.3) is 0 Å². The van der Waals surface area contributed by atoms with Crippen molar-refractivity contribution in [2.75, 3.05) is 6.61 Å². The second kappa shape index (κ2) is 4.63. The van der Waals surface area contributed by atoms with Crippen LogP contribution in [0.1, 0.15) is 6.92 Å². The largest absolute Gasteiger partial charge is 0.416 e. The SMILES string of the molecule is C[C@@H]([C@H](N)CO[Si](C)(C)C)C(F)(F)F. The van der Waals surface area contributed by atoms with Gasteiger partial charge in [0.15, 0.2) is 8.32 Å². The molecular formula is C8H18F3NOSi. The lowest BCUT2D eigenvalue weighted by Crippen LogP contribution is -2.43. The van der Waals surface area contributed by atoms with Crippen LogP contribution in [0.3, 0.4) is 0 Å². The van der Waals surface area contributed by atoms with E-state index in [1.165, 1.54) is 0 Å². The number of halogens is 3. The molecule has 0 aliphatic heterocycles. The molecule has 0 aromatic heterocycles. The minimum Gasteiger partial charge on any atom is -0.416 e. The molecule has 0 spiro atoms. The van der Waals surface area contributed by atoms with E-state index in [1.807, 2.05) is 19.6 Å². The summed E-state index contributed by atoms with van der Waals surface area (Å²) in [6, 6.07) is -0.971. The monoisotopic (exact) mass is 229 g/mol. The van der Waals surface area contributed by atoms with Crippen LogP contribution in [0.5, 0.6) is 0 Å². The highest BCUT2D eigenvalue weighted by molar-refractivity contribution is 6.69. The van der Waals surface area contributed by atoms with E-state index in [0.29, 0.717) is 0 Å². The van der Waals surface area contributed by atoms with Crippen LogP contribution in [0, 0.1) is 5.92 Å². The molecule has 0 unspecified atom stereocenters. The van der Waals surface area contributed by atoms with Gasteiger partial charge in [-0.2, -0.15) is 13.2 Å². The van der Waals surface area contributed by atoms with Crippen LogP contribution < -0.4 is 5.73 Å². The fourth-order valence-electron chi connectivity index (χ4n) is 0.733. The van der Waals surface area contributed by atoms with Gasteiger partial charge < -0.3 is 10.2 Å². The van der Waals surface area contributed by atoms with Gasteiger partial charge >= 0.3 is 6.18 Å². The normalized spacial score (nSPS) is 18.0. The van der Waals surface area contributed by atoms with E-state index in [9.17, 15) is 13.2 Å². The third-order valence-electron chi connectivity index (χ3n) is 1.87. The zero-order chi connectivity index (χ0) is 11.6. The Morgan fingerprint density at radius 3 is 2.00 bits per heavy atom. The van der Waals surface area contributed by atoms with Gasteiger partial charge in [0.05, 0.1) is 5.92 Å². The van der Waals surface area contributed by atoms with E-state index >= 15 is 0 Å². The van der Waals surface area contributed by atoms with Crippen LogP contribution in [-0.4, -0.2) is 27.1 Å². The first-order valence-corrected chi connectivity index (χ1v) is 7.91. The smallest absolute Gasteiger partial charge is 0.393 e. The summed E-state index contributed by atoms with van der Waals surface area (Å²) in [5.41, 5.74) is 5.39. The third-order valence-corrected chi connectivity index (χ3v) is 2.90. The molecule has 0 fully saturated rings. The van der Waals surface area contributed by atoms with Gasteiger partial charge in [-0.05, 0) is 19.6 Å². The van der Waals surface area contributed by atoms with Crippen LogP contribution >= 0.6 is 0 Å². The summed E-state index contributed by atoms with van der Waals surface area (Å²) in [5, 5.41) is 0. The summed E-state index contributed by atoms with van der Waals surface area (Å²) in [6.07, 6.45) is -4.23. The van der Waals surface area contributed by atoms with Crippen LogP contribution in [-0.2, 0) is 4.43 Å². The molecule has 0 heterocycles. The predicted octanol–water partition coefficient (Wildman–Crippen LogP) is 2.36. The van der Waals surface area contributed by atoms with E-state index in [0.717, 1.165) is 6.92 Å². The van der Waals surface area contributed by atoms with Crippen molar-refractivity contribution in [3.8, 4) is 0 Å². The molecule has 6 heteroatoms. The molecule has 2 nitrogen and oxygen atoms in total. The summed E-state index contributed by atoms with van der Waals surface area (Å²) in [6.45, 7) is 6.81. The Morgan fingerprint density at radius 1 is 1.29 bits per heavy atom. The molecule has 0 saturated heterocycles. The number of rotatable bonds is 4. The standard InChI is InChI=1S/C8H18F3NOSi/c1-6(8(9,10)11)7(12)5-13-14(2,3)4/h6-7H,5,12H2,1-4H3/t6-,7+/m0/s1. The first-order chi connectivity index (χ1) is 6.04. The average molecular weight is 229 g/mol. The number of hydrogen-bond donors (Lipinski definition) is 1. The average Bonchev–Trinajstić information content (AvgIpc) is 1.95. The van der Waals surface area contributed by atoms with Gasteiger partial charge in [-0.1, -0.05) is 6.92 Å². The molecule has 0 bridgehead atoms. The van der Waals surface area contributed by atoms with E-state index in [4.69, 9.17) is 10.2 Å². The molecule has 0 aliphatic rings. The Bertz CT molecular complexity index is 178. The predicted molar refractivity (Wildman–Crippen MR) is 52.5 cm³/mol. The van der Waals surface area contributed by atoms with Crippen molar-refractivity contribution in [1.82, 2.24) is 0 Å². The first-order valence-electron chi connectivity index (χ1n) is 4.50. The minimum atomic E-state index is -4.23. The van der Waals surface area contributed by atoms with Gasteiger partial charge in [0, 0.05) is 12.6 Å². The number of alkyl halides is 3. The van der Waals surface area contributed by atoms with Crippen LogP contribution in [0.2, 0.25) is 19.6 Å². The van der Waals surface area contributed by atoms with Crippen LogP contribution in [0.4, 0.5) is 13.2 Å². The highest BCUT2D eigenvalue weighted by Gasteiger charge is 2.40. The van der Waals surface area contributed by atoms with E-state index in [1.54, 1.807) is 0 Å². The van der Waals surface area contributed by atoms with E-state index < -0.39 is 26.5 Å². The molecule has 0 aromatic carbocycles. The van der Waals surface area contributed by atoms with Gasteiger partial charge in [-0.15, -0.1) is 0 Å². The zero-order valence-electron chi connectivity index (χ0n) is 8.98. The maximum absolute atomic E-state index is 12.2. The number of nitrogens with two attached hydrogens (primary N) is 1. The van der Waals surface area contributed by atoms with E-state index in [2.05, 4.69) is 0 Å². The fraction of sp³-hybridized carbons (Fsp3) is 1.00. The Balaban J connectivity index is 4.03. The van der Waals surface area contributed by atoms with Crippen molar-refractivity contribution >= 4 is 8.32 Å². The second-order valence-electron chi connectivity index (χ2n) is 4.42. The van der Waals surface area contributed by atoms with Gasteiger partial charge in [0.1, 0.15) is 0 Å². The Morgan fingerprint density at radius 2 is 1.71 bits per heavy atom. The Labute approximate surface area is 83.7 Å². The zero-order valence-corrected chi connectivity index (χ0v) is 9.98.